The summed E-state index contributed by atoms with van der Waals surface area (Å²) >= 11 is 0. The number of aryl methyl sites for hydroxylation is 1. The number of hydrogen-bond donors (Lipinski definition) is 1. The minimum atomic E-state index is 0.230. The van der Waals surface area contributed by atoms with Gasteiger partial charge in [0.2, 0.25) is 0 Å². The van der Waals surface area contributed by atoms with E-state index in [-0.39, 0.29) is 6.04 Å². The lowest BCUT2D eigenvalue weighted by molar-refractivity contribution is 0.577. The molecule has 1 unspecified atom stereocenters. The Bertz CT molecular complexity index is 525. The van der Waals surface area contributed by atoms with E-state index < -0.39 is 0 Å². The van der Waals surface area contributed by atoms with Crippen LogP contribution in [0.2, 0.25) is 0 Å². The molecule has 2 nitrogen and oxygen atoms in total. The average molecular weight is 272 g/mol. The quantitative estimate of drug-likeness (QED) is 0.705. The van der Waals surface area contributed by atoms with Crippen molar-refractivity contribution in [3.05, 3.63) is 36.0 Å². The zero-order valence-corrected chi connectivity index (χ0v) is 12.9. The molecule has 1 aromatic heterocycles. The molecular weight excluding hydrogens is 244 g/mol. The van der Waals surface area contributed by atoms with E-state index in [0.717, 1.165) is 13.0 Å². The molecule has 2 aromatic rings. The molecule has 0 aliphatic carbocycles. The van der Waals surface area contributed by atoms with Gasteiger partial charge in [0.1, 0.15) is 0 Å². The Kier molecular flexibility index (Phi) is 5.66. The van der Waals surface area contributed by atoms with Gasteiger partial charge in [0.25, 0.3) is 0 Å². The third kappa shape index (κ3) is 4.11. The predicted molar refractivity (Wildman–Crippen MR) is 88.1 cm³/mol. The van der Waals surface area contributed by atoms with Crippen molar-refractivity contribution >= 4 is 10.9 Å². The van der Waals surface area contributed by atoms with Crippen molar-refractivity contribution in [1.82, 2.24) is 4.57 Å². The van der Waals surface area contributed by atoms with Crippen LogP contribution in [-0.2, 0) is 13.0 Å². The Morgan fingerprint density at radius 2 is 1.90 bits per heavy atom. The number of benzene rings is 1. The van der Waals surface area contributed by atoms with Gasteiger partial charge in [0.15, 0.2) is 0 Å². The molecule has 0 aliphatic rings. The molecule has 0 aliphatic heterocycles. The van der Waals surface area contributed by atoms with E-state index in [2.05, 4.69) is 48.9 Å². The van der Waals surface area contributed by atoms with Gasteiger partial charge >= 0.3 is 0 Å². The largest absolute Gasteiger partial charge is 0.347 e. The van der Waals surface area contributed by atoms with Crippen LogP contribution >= 0.6 is 0 Å². The van der Waals surface area contributed by atoms with Crippen molar-refractivity contribution in [1.29, 1.82) is 0 Å². The van der Waals surface area contributed by atoms with E-state index in [1.807, 2.05) is 0 Å². The number of hydrogen-bond acceptors (Lipinski definition) is 1. The second kappa shape index (κ2) is 7.49. The second-order valence-electron chi connectivity index (χ2n) is 6.00. The monoisotopic (exact) mass is 272 g/mol. The van der Waals surface area contributed by atoms with Crippen LogP contribution in [0.15, 0.2) is 30.5 Å². The van der Waals surface area contributed by atoms with Crippen molar-refractivity contribution in [2.45, 2.75) is 65.0 Å². The molecule has 0 saturated carbocycles. The fourth-order valence-corrected chi connectivity index (χ4v) is 2.83. The first-order valence-electron chi connectivity index (χ1n) is 8.04. The van der Waals surface area contributed by atoms with E-state index >= 15 is 0 Å². The summed E-state index contributed by atoms with van der Waals surface area (Å²) in [6, 6.07) is 9.21. The first kappa shape index (κ1) is 15.1. The summed E-state index contributed by atoms with van der Waals surface area (Å²) in [6.45, 7) is 5.46. The lowest BCUT2D eigenvalue weighted by Gasteiger charge is -2.08. The Labute approximate surface area is 123 Å². The first-order chi connectivity index (χ1) is 9.70. The molecule has 0 spiro atoms. The number of nitrogens with two attached hydrogens (primary N) is 1. The van der Waals surface area contributed by atoms with Gasteiger partial charge in [-0.3, -0.25) is 0 Å². The van der Waals surface area contributed by atoms with Gasteiger partial charge < -0.3 is 10.3 Å². The Balaban J connectivity index is 1.97. The summed E-state index contributed by atoms with van der Waals surface area (Å²) < 4.78 is 2.39. The molecule has 1 aromatic carbocycles. The Morgan fingerprint density at radius 1 is 1.10 bits per heavy atom. The maximum absolute atomic E-state index is 5.87. The highest BCUT2D eigenvalue weighted by Crippen LogP contribution is 2.19. The number of fused-ring (bicyclic) bond motifs is 1. The lowest BCUT2D eigenvalue weighted by Crippen LogP contribution is -2.17. The molecule has 20 heavy (non-hydrogen) atoms. The highest BCUT2D eigenvalue weighted by atomic mass is 14.9. The van der Waals surface area contributed by atoms with Crippen molar-refractivity contribution < 1.29 is 0 Å². The molecule has 0 radical (unpaired) electrons. The molecule has 2 rings (SSSR count). The van der Waals surface area contributed by atoms with Crippen LogP contribution in [0.3, 0.4) is 0 Å². The van der Waals surface area contributed by atoms with Crippen LogP contribution in [0.4, 0.5) is 0 Å². The molecule has 2 heteroatoms. The van der Waals surface area contributed by atoms with Gasteiger partial charge in [-0.2, -0.15) is 0 Å². The smallest absolute Gasteiger partial charge is 0.0480 e. The molecule has 0 amide bonds. The summed E-state index contributed by atoms with van der Waals surface area (Å²) in [5, 5.41) is 1.34. The van der Waals surface area contributed by atoms with Gasteiger partial charge in [0, 0.05) is 24.3 Å². The fourth-order valence-electron chi connectivity index (χ4n) is 2.83. The van der Waals surface area contributed by atoms with Crippen LogP contribution in [0.25, 0.3) is 10.9 Å². The van der Waals surface area contributed by atoms with Gasteiger partial charge in [-0.1, -0.05) is 38.7 Å². The van der Waals surface area contributed by atoms with Crippen LogP contribution in [-0.4, -0.2) is 10.6 Å². The Morgan fingerprint density at radius 3 is 2.65 bits per heavy atom. The van der Waals surface area contributed by atoms with Crippen molar-refractivity contribution in [2.75, 3.05) is 0 Å². The van der Waals surface area contributed by atoms with Crippen LogP contribution in [0.5, 0.6) is 0 Å². The minimum absolute atomic E-state index is 0.230. The number of aromatic nitrogens is 1. The molecule has 0 saturated heterocycles. The van der Waals surface area contributed by atoms with Crippen molar-refractivity contribution in [2.24, 2.45) is 5.73 Å². The van der Waals surface area contributed by atoms with Crippen LogP contribution in [0.1, 0.15) is 51.5 Å². The highest BCUT2D eigenvalue weighted by Gasteiger charge is 2.04. The topological polar surface area (TPSA) is 30.9 Å². The number of unbranched alkanes of at least 4 members (excludes halogenated alkanes) is 4. The van der Waals surface area contributed by atoms with Gasteiger partial charge in [-0.15, -0.1) is 0 Å². The van der Waals surface area contributed by atoms with Gasteiger partial charge in [0.05, 0.1) is 0 Å². The molecular formula is C18H28N2. The van der Waals surface area contributed by atoms with Gasteiger partial charge in [-0.05, 0) is 48.9 Å². The first-order valence-corrected chi connectivity index (χ1v) is 8.04. The van der Waals surface area contributed by atoms with E-state index in [1.54, 1.807) is 0 Å². The molecule has 0 fully saturated rings. The third-order valence-electron chi connectivity index (χ3n) is 3.90. The highest BCUT2D eigenvalue weighted by molar-refractivity contribution is 5.80. The normalized spacial score (nSPS) is 12.9. The molecule has 0 bridgehead atoms. The summed E-state index contributed by atoms with van der Waals surface area (Å²) in [5.74, 6) is 0. The van der Waals surface area contributed by atoms with E-state index in [0.29, 0.717) is 0 Å². The Hall–Kier alpha value is -1.28. The second-order valence-corrected chi connectivity index (χ2v) is 6.00. The van der Waals surface area contributed by atoms with Crippen molar-refractivity contribution in [3.8, 4) is 0 Å². The summed E-state index contributed by atoms with van der Waals surface area (Å²) in [4.78, 5) is 0. The predicted octanol–water partition coefficient (Wildman–Crippen LogP) is 4.50. The van der Waals surface area contributed by atoms with Crippen LogP contribution < -0.4 is 5.73 Å². The summed E-state index contributed by atoms with van der Waals surface area (Å²) in [7, 11) is 0. The van der Waals surface area contributed by atoms with E-state index in [1.165, 1.54) is 48.6 Å². The molecule has 1 atom stereocenters. The minimum Gasteiger partial charge on any atom is -0.347 e. The number of rotatable bonds is 8. The maximum atomic E-state index is 5.87. The third-order valence-corrected chi connectivity index (χ3v) is 3.90. The van der Waals surface area contributed by atoms with Gasteiger partial charge in [-0.25, -0.2) is 0 Å². The summed E-state index contributed by atoms with van der Waals surface area (Å²) in [5.41, 5.74) is 8.57. The van der Waals surface area contributed by atoms with Crippen molar-refractivity contribution in [3.63, 3.8) is 0 Å². The van der Waals surface area contributed by atoms with E-state index in [9.17, 15) is 0 Å². The fraction of sp³-hybridized carbons (Fsp3) is 0.556. The molecule has 2 N–H and O–H groups in total. The zero-order chi connectivity index (χ0) is 14.4. The SMILES string of the molecule is CCCCCCCn1ccc2cc(CC(C)N)ccc21. The summed E-state index contributed by atoms with van der Waals surface area (Å²) in [6.07, 6.45) is 9.86. The maximum Gasteiger partial charge on any atom is 0.0480 e. The molecule has 110 valence electrons. The lowest BCUT2D eigenvalue weighted by atomic mass is 10.1. The molecule has 1 heterocycles. The number of nitrogens with zero attached hydrogens (tertiary/aromatic N) is 1. The van der Waals surface area contributed by atoms with E-state index in [4.69, 9.17) is 5.73 Å². The zero-order valence-electron chi connectivity index (χ0n) is 12.9. The average Bonchev–Trinajstić information content (AvgIpc) is 2.80. The van der Waals surface area contributed by atoms with Crippen LogP contribution in [0, 0.1) is 0 Å². The standard InChI is InChI=1S/C18H28N2/c1-3-4-5-6-7-11-20-12-10-17-14-16(13-15(2)19)8-9-18(17)20/h8-10,12,14-15H,3-7,11,13,19H2,1-2H3.